The standard InChI is InChI=1S/C25H22ClNO3/c26-16-9-7-15(8-10-16)23-24-19(3-1-5-21(24)29)27(17-11-13-18(28)14-12-17)20-4-2-6-22(30)25(20)23/h7-14,23,28H,1-6H2. The largest absolute Gasteiger partial charge is 0.508 e. The molecule has 2 aromatic carbocycles. The van der Waals surface area contributed by atoms with Crippen LogP contribution < -0.4 is 4.90 Å². The highest BCUT2D eigenvalue weighted by Gasteiger charge is 2.43. The molecule has 30 heavy (non-hydrogen) atoms. The van der Waals surface area contributed by atoms with E-state index in [1.165, 1.54) is 0 Å². The second-order valence-electron chi connectivity index (χ2n) is 8.11. The molecule has 0 fully saturated rings. The van der Waals surface area contributed by atoms with E-state index in [2.05, 4.69) is 4.90 Å². The van der Waals surface area contributed by atoms with Crippen LogP contribution in [0.15, 0.2) is 71.1 Å². The first kappa shape index (κ1) is 19.1. The highest BCUT2D eigenvalue weighted by molar-refractivity contribution is 6.30. The van der Waals surface area contributed by atoms with Gasteiger partial charge in [-0.3, -0.25) is 9.59 Å². The molecule has 5 rings (SSSR count). The van der Waals surface area contributed by atoms with Gasteiger partial charge in [0.15, 0.2) is 11.6 Å². The Hall–Kier alpha value is -2.85. The third kappa shape index (κ3) is 3.07. The van der Waals surface area contributed by atoms with Crippen molar-refractivity contribution in [1.82, 2.24) is 0 Å². The molecule has 2 aromatic rings. The van der Waals surface area contributed by atoms with Crippen molar-refractivity contribution in [1.29, 1.82) is 0 Å². The molecule has 2 aliphatic carbocycles. The molecule has 0 saturated carbocycles. The lowest BCUT2D eigenvalue weighted by Crippen LogP contribution is -2.39. The number of benzene rings is 2. The van der Waals surface area contributed by atoms with E-state index in [0.717, 1.165) is 59.5 Å². The zero-order valence-corrected chi connectivity index (χ0v) is 17.3. The zero-order chi connectivity index (χ0) is 20.8. The van der Waals surface area contributed by atoms with Gasteiger partial charge in [0.25, 0.3) is 0 Å². The zero-order valence-electron chi connectivity index (χ0n) is 16.5. The van der Waals surface area contributed by atoms with Crippen molar-refractivity contribution in [3.05, 3.63) is 81.7 Å². The van der Waals surface area contributed by atoms with Crippen LogP contribution >= 0.6 is 11.6 Å². The number of carbonyl (C=O) groups is 2. The molecule has 4 nitrogen and oxygen atoms in total. The number of nitrogens with zero attached hydrogens (tertiary/aromatic N) is 1. The van der Waals surface area contributed by atoms with Gasteiger partial charge in [-0.25, -0.2) is 0 Å². The van der Waals surface area contributed by atoms with Crippen molar-refractivity contribution in [3.63, 3.8) is 0 Å². The maximum absolute atomic E-state index is 13.2. The van der Waals surface area contributed by atoms with Gasteiger partial charge in [0, 0.05) is 52.0 Å². The van der Waals surface area contributed by atoms with Gasteiger partial charge in [-0.1, -0.05) is 23.7 Å². The van der Waals surface area contributed by atoms with Crippen molar-refractivity contribution in [2.45, 2.75) is 44.4 Å². The van der Waals surface area contributed by atoms with Gasteiger partial charge in [0.2, 0.25) is 0 Å². The molecule has 1 heterocycles. The van der Waals surface area contributed by atoms with E-state index in [9.17, 15) is 14.7 Å². The third-order valence-electron chi connectivity index (χ3n) is 6.29. The van der Waals surface area contributed by atoms with Crippen LogP contribution in [0.1, 0.15) is 50.0 Å². The van der Waals surface area contributed by atoms with E-state index in [-0.39, 0.29) is 23.2 Å². The summed E-state index contributed by atoms with van der Waals surface area (Å²) in [6.07, 6.45) is 4.19. The van der Waals surface area contributed by atoms with E-state index in [0.29, 0.717) is 17.9 Å². The predicted molar refractivity (Wildman–Crippen MR) is 117 cm³/mol. The van der Waals surface area contributed by atoms with Crippen molar-refractivity contribution in [2.75, 3.05) is 4.90 Å². The summed E-state index contributed by atoms with van der Waals surface area (Å²) in [5.41, 5.74) is 5.29. The summed E-state index contributed by atoms with van der Waals surface area (Å²) in [4.78, 5) is 28.5. The molecule has 1 N–H and O–H groups in total. The number of anilines is 1. The lowest BCUT2D eigenvalue weighted by molar-refractivity contribution is -0.116. The summed E-state index contributed by atoms with van der Waals surface area (Å²) in [6.45, 7) is 0. The first-order chi connectivity index (χ1) is 14.5. The molecule has 0 bridgehead atoms. The topological polar surface area (TPSA) is 57.6 Å². The summed E-state index contributed by atoms with van der Waals surface area (Å²) in [6, 6.07) is 14.5. The van der Waals surface area contributed by atoms with E-state index in [4.69, 9.17) is 11.6 Å². The highest BCUT2D eigenvalue weighted by Crippen LogP contribution is 2.50. The number of allylic oxidation sites excluding steroid dienone is 4. The van der Waals surface area contributed by atoms with Crippen molar-refractivity contribution in [3.8, 4) is 5.75 Å². The minimum Gasteiger partial charge on any atom is -0.508 e. The summed E-state index contributed by atoms with van der Waals surface area (Å²) in [5.74, 6) is 0.0914. The van der Waals surface area contributed by atoms with E-state index in [1.807, 2.05) is 36.4 Å². The molecule has 0 unspecified atom stereocenters. The van der Waals surface area contributed by atoms with Crippen LogP contribution in [-0.4, -0.2) is 16.7 Å². The van der Waals surface area contributed by atoms with Crippen LogP contribution in [-0.2, 0) is 9.59 Å². The fourth-order valence-electron chi connectivity index (χ4n) is 5.02. The third-order valence-corrected chi connectivity index (χ3v) is 6.54. The molecule has 0 spiro atoms. The number of carbonyl (C=O) groups excluding carboxylic acids is 2. The van der Waals surface area contributed by atoms with Crippen LogP contribution in [0.2, 0.25) is 5.02 Å². The smallest absolute Gasteiger partial charge is 0.161 e. The number of hydrogen-bond acceptors (Lipinski definition) is 4. The van der Waals surface area contributed by atoms with Gasteiger partial charge in [-0.05, 0) is 67.6 Å². The monoisotopic (exact) mass is 419 g/mol. The predicted octanol–water partition coefficient (Wildman–Crippen LogP) is 5.66. The fraction of sp³-hybridized carbons (Fsp3) is 0.280. The minimum absolute atomic E-state index is 0.116. The Labute approximate surface area is 180 Å². The summed E-state index contributed by atoms with van der Waals surface area (Å²) < 4.78 is 0. The molecule has 0 saturated heterocycles. The number of rotatable bonds is 2. The van der Waals surface area contributed by atoms with E-state index in [1.54, 1.807) is 12.1 Å². The fourth-order valence-corrected chi connectivity index (χ4v) is 5.15. The van der Waals surface area contributed by atoms with Crippen molar-refractivity contribution in [2.24, 2.45) is 0 Å². The van der Waals surface area contributed by atoms with Gasteiger partial charge in [0.1, 0.15) is 5.75 Å². The molecule has 5 heteroatoms. The molecule has 0 atom stereocenters. The number of aromatic hydroxyl groups is 1. The van der Waals surface area contributed by atoms with Gasteiger partial charge in [-0.2, -0.15) is 0 Å². The molecular formula is C25H22ClNO3. The Bertz CT molecular complexity index is 1050. The SMILES string of the molecule is O=C1CCCC2=C1C(c1ccc(Cl)cc1)C1=C(CCCC1=O)N2c1ccc(O)cc1. The molecular weight excluding hydrogens is 398 g/mol. The van der Waals surface area contributed by atoms with Gasteiger partial charge in [0.05, 0.1) is 0 Å². The van der Waals surface area contributed by atoms with Crippen LogP contribution in [0, 0.1) is 0 Å². The Morgan fingerprint density at radius 2 is 1.30 bits per heavy atom. The van der Waals surface area contributed by atoms with Gasteiger partial charge in [-0.15, -0.1) is 0 Å². The van der Waals surface area contributed by atoms with Crippen molar-refractivity contribution >= 4 is 28.9 Å². The van der Waals surface area contributed by atoms with E-state index >= 15 is 0 Å². The number of ketones is 2. The average molecular weight is 420 g/mol. The lowest BCUT2D eigenvalue weighted by atomic mass is 9.71. The highest BCUT2D eigenvalue weighted by atomic mass is 35.5. The quantitative estimate of drug-likeness (QED) is 0.681. The maximum atomic E-state index is 13.2. The Morgan fingerprint density at radius 3 is 1.83 bits per heavy atom. The van der Waals surface area contributed by atoms with Crippen molar-refractivity contribution < 1.29 is 14.7 Å². The first-order valence-electron chi connectivity index (χ1n) is 10.4. The minimum atomic E-state index is -0.332. The second-order valence-corrected chi connectivity index (χ2v) is 8.55. The molecule has 0 radical (unpaired) electrons. The van der Waals surface area contributed by atoms with Gasteiger partial charge < -0.3 is 10.0 Å². The summed E-state index contributed by atoms with van der Waals surface area (Å²) in [5, 5.41) is 10.4. The maximum Gasteiger partial charge on any atom is 0.161 e. The Balaban J connectivity index is 1.77. The summed E-state index contributed by atoms with van der Waals surface area (Å²) in [7, 11) is 0. The van der Waals surface area contributed by atoms with E-state index < -0.39 is 0 Å². The molecule has 0 amide bonds. The Morgan fingerprint density at radius 1 is 0.767 bits per heavy atom. The van der Waals surface area contributed by atoms with Crippen LogP contribution in [0.3, 0.4) is 0 Å². The molecule has 0 aromatic heterocycles. The molecule has 3 aliphatic rings. The second kappa shape index (κ2) is 7.44. The van der Waals surface area contributed by atoms with Gasteiger partial charge >= 0.3 is 0 Å². The first-order valence-corrected chi connectivity index (χ1v) is 10.8. The number of phenols is 1. The average Bonchev–Trinajstić information content (AvgIpc) is 2.74. The number of hydrogen-bond donors (Lipinski definition) is 1. The molecule has 152 valence electrons. The van der Waals surface area contributed by atoms with Crippen LogP contribution in [0.25, 0.3) is 0 Å². The van der Waals surface area contributed by atoms with Crippen LogP contribution in [0.4, 0.5) is 5.69 Å². The Kier molecular flexibility index (Phi) is 4.75. The number of Topliss-reactive ketones (excluding diaryl/α,β-unsaturated/α-hetero) is 2. The number of halogens is 1. The van der Waals surface area contributed by atoms with Crippen LogP contribution in [0.5, 0.6) is 5.75 Å². The summed E-state index contributed by atoms with van der Waals surface area (Å²) >= 11 is 6.11. The molecule has 1 aliphatic heterocycles. The lowest BCUT2D eigenvalue weighted by Gasteiger charge is -2.44. The number of phenolic OH excluding ortho intramolecular Hbond substituents is 1. The normalized spacial score (nSPS) is 19.8.